The van der Waals surface area contributed by atoms with E-state index >= 15 is 0 Å². The molecule has 3 aliphatic rings. The number of aromatic hydroxyl groups is 1. The van der Waals surface area contributed by atoms with E-state index in [9.17, 15) is 39.0 Å². The molecule has 0 saturated heterocycles. The van der Waals surface area contributed by atoms with Gasteiger partial charge in [0.25, 0.3) is 0 Å². The van der Waals surface area contributed by atoms with E-state index in [1.54, 1.807) is 25.2 Å². The number of hydrogen-bond acceptors (Lipinski definition) is 10. The van der Waals surface area contributed by atoms with Crippen molar-refractivity contribution in [2.24, 2.45) is 23.7 Å². The molecular weight excluding hydrogens is 532 g/mol. The summed E-state index contributed by atoms with van der Waals surface area (Å²) in [5.74, 6) is -10.4. The molecular formula is C30H30N2O9. The summed E-state index contributed by atoms with van der Waals surface area (Å²) in [6.07, 6.45) is -0.0414. The van der Waals surface area contributed by atoms with Crippen LogP contribution >= 0.6 is 0 Å². The summed E-state index contributed by atoms with van der Waals surface area (Å²) in [5.41, 5.74) is -0.254. The number of carbonyl (C=O) groups excluding carboxylic acids is 5. The summed E-state index contributed by atoms with van der Waals surface area (Å²) in [6, 6.07) is 7.99. The Morgan fingerprint density at radius 1 is 1.02 bits per heavy atom. The molecule has 0 radical (unpaired) electrons. The fraction of sp³-hybridized carbons (Fsp3) is 0.400. The lowest BCUT2D eigenvalue weighted by Crippen LogP contribution is -2.67. The van der Waals surface area contributed by atoms with Gasteiger partial charge in [-0.25, -0.2) is 4.79 Å². The van der Waals surface area contributed by atoms with Crippen LogP contribution in [-0.4, -0.2) is 62.9 Å². The fourth-order valence-electron chi connectivity index (χ4n) is 6.68. The van der Waals surface area contributed by atoms with Crippen molar-refractivity contribution in [2.45, 2.75) is 44.9 Å². The van der Waals surface area contributed by atoms with E-state index in [0.29, 0.717) is 23.4 Å². The largest absolute Gasteiger partial charge is 0.507 e. The molecule has 0 amide bonds. The van der Waals surface area contributed by atoms with E-state index in [1.165, 1.54) is 12.1 Å². The van der Waals surface area contributed by atoms with Gasteiger partial charge in [-0.3, -0.25) is 24.0 Å². The molecule has 2 saturated carbocycles. The van der Waals surface area contributed by atoms with Gasteiger partial charge in [0.2, 0.25) is 0 Å². The lowest BCUT2D eigenvalue weighted by Gasteiger charge is -2.48. The maximum absolute atomic E-state index is 13.9. The van der Waals surface area contributed by atoms with E-state index in [0.717, 1.165) is 12.5 Å². The Labute approximate surface area is 234 Å². The molecule has 5 rings (SSSR count). The van der Waals surface area contributed by atoms with E-state index in [2.05, 4.69) is 10.6 Å². The van der Waals surface area contributed by atoms with Crippen LogP contribution in [-0.2, 0) is 38.7 Å². The number of hydrogen-bond donors (Lipinski definition) is 5. The number of benzene rings is 2. The SMILES string of the molecule is CNc1cc(CNCc2ccc(C(=O)O)cc2)c(O)c2c1CC1CC3CC(=O)C(C(C)=O)C(=O)[C@@]3(O)C(=O)C1C2=O. The van der Waals surface area contributed by atoms with E-state index in [1.807, 2.05) is 0 Å². The number of carboxylic acids is 1. The highest BCUT2D eigenvalue weighted by Crippen LogP contribution is 2.51. The second-order valence-electron chi connectivity index (χ2n) is 11.1. The summed E-state index contributed by atoms with van der Waals surface area (Å²) in [4.78, 5) is 76.4. The van der Waals surface area contributed by atoms with Gasteiger partial charge in [-0.1, -0.05) is 12.1 Å². The fourth-order valence-corrected chi connectivity index (χ4v) is 6.68. The van der Waals surface area contributed by atoms with Gasteiger partial charge in [0, 0.05) is 43.7 Å². The maximum Gasteiger partial charge on any atom is 0.335 e. The minimum absolute atomic E-state index is 0.0569. The lowest BCUT2D eigenvalue weighted by molar-refractivity contribution is -0.175. The third-order valence-electron chi connectivity index (χ3n) is 8.72. The number of fused-ring (bicyclic) bond motifs is 3. The number of phenolic OH excluding ortho intramolecular Hbond substituents is 1. The summed E-state index contributed by atoms with van der Waals surface area (Å²) in [5, 5.41) is 37.9. The van der Waals surface area contributed by atoms with Crippen LogP contribution in [0.25, 0.3) is 0 Å². The summed E-state index contributed by atoms with van der Waals surface area (Å²) in [7, 11) is 1.66. The minimum Gasteiger partial charge on any atom is -0.507 e. The van der Waals surface area contributed by atoms with Crippen LogP contribution in [0.5, 0.6) is 5.75 Å². The average molecular weight is 563 g/mol. The smallest absolute Gasteiger partial charge is 0.335 e. The Bertz CT molecular complexity index is 1510. The molecule has 5 atom stereocenters. The summed E-state index contributed by atoms with van der Waals surface area (Å²) < 4.78 is 0. The molecule has 214 valence electrons. The van der Waals surface area contributed by atoms with Gasteiger partial charge >= 0.3 is 5.97 Å². The number of rotatable bonds is 7. The molecule has 0 aliphatic heterocycles. The number of phenols is 1. The first-order chi connectivity index (χ1) is 19.4. The Kier molecular flexibility index (Phi) is 7.12. The predicted molar refractivity (Wildman–Crippen MR) is 143 cm³/mol. The first kappa shape index (κ1) is 28.3. The molecule has 3 aliphatic carbocycles. The highest BCUT2D eigenvalue weighted by molar-refractivity contribution is 6.31. The number of ketones is 5. The third kappa shape index (κ3) is 4.45. The monoisotopic (exact) mass is 562 g/mol. The number of anilines is 1. The number of aliphatic hydroxyl groups is 1. The van der Waals surface area contributed by atoms with Crippen molar-refractivity contribution < 1.29 is 44.1 Å². The van der Waals surface area contributed by atoms with Crippen molar-refractivity contribution in [1.82, 2.24) is 5.32 Å². The zero-order valence-electron chi connectivity index (χ0n) is 22.5. The highest BCUT2D eigenvalue weighted by Gasteiger charge is 2.65. The predicted octanol–water partition coefficient (Wildman–Crippen LogP) is 1.46. The lowest BCUT2D eigenvalue weighted by atomic mass is 9.53. The van der Waals surface area contributed by atoms with Crippen molar-refractivity contribution in [1.29, 1.82) is 0 Å². The maximum atomic E-state index is 13.9. The van der Waals surface area contributed by atoms with Crippen molar-refractivity contribution >= 4 is 40.6 Å². The van der Waals surface area contributed by atoms with Crippen molar-refractivity contribution in [3.05, 3.63) is 58.1 Å². The van der Waals surface area contributed by atoms with Crippen molar-refractivity contribution in [2.75, 3.05) is 12.4 Å². The number of aromatic carboxylic acids is 1. The molecule has 11 heteroatoms. The summed E-state index contributed by atoms with van der Waals surface area (Å²) >= 11 is 0. The standard InChI is InChI=1S/C30H30N2O9/c1-13(33)22-21(34)10-18-7-16-8-19-20(31-2)9-17(12-32-11-14-3-5-15(6-4-14)29(39)40)25(35)24(19)26(36)23(16)28(38)30(18,41)27(22)37/h3-6,9,16,18,22-23,31-32,35,41H,7-8,10-12H2,1-2H3,(H,39,40)/t16?,18?,22?,23?,30-/m1/s1. The van der Waals surface area contributed by atoms with Crippen LogP contribution in [0.15, 0.2) is 30.3 Å². The molecule has 11 nitrogen and oxygen atoms in total. The van der Waals surface area contributed by atoms with Gasteiger partial charge in [0.1, 0.15) is 17.5 Å². The van der Waals surface area contributed by atoms with E-state index in [-0.39, 0.29) is 42.7 Å². The quantitative estimate of drug-likeness (QED) is 0.243. The van der Waals surface area contributed by atoms with Gasteiger partial charge < -0.3 is 26.0 Å². The summed E-state index contributed by atoms with van der Waals surface area (Å²) in [6.45, 7) is 1.53. The first-order valence-corrected chi connectivity index (χ1v) is 13.4. The van der Waals surface area contributed by atoms with Gasteiger partial charge in [0.05, 0.1) is 17.0 Å². The molecule has 4 unspecified atom stereocenters. The number of carboxylic acid groups (broad SMARTS) is 1. The third-order valence-corrected chi connectivity index (χ3v) is 8.72. The van der Waals surface area contributed by atoms with Crippen LogP contribution < -0.4 is 10.6 Å². The van der Waals surface area contributed by atoms with Gasteiger partial charge in [-0.2, -0.15) is 0 Å². The molecule has 41 heavy (non-hydrogen) atoms. The van der Waals surface area contributed by atoms with Crippen molar-refractivity contribution in [3.63, 3.8) is 0 Å². The first-order valence-electron chi connectivity index (χ1n) is 13.4. The Morgan fingerprint density at radius 2 is 1.71 bits per heavy atom. The van der Waals surface area contributed by atoms with Gasteiger partial charge in [0.15, 0.2) is 28.7 Å². The van der Waals surface area contributed by atoms with E-state index in [4.69, 9.17) is 5.11 Å². The second kappa shape index (κ2) is 10.3. The van der Waals surface area contributed by atoms with Crippen LogP contribution in [0.1, 0.15) is 57.2 Å². The molecule has 2 fully saturated rings. The molecule has 2 aromatic carbocycles. The van der Waals surface area contributed by atoms with Crippen LogP contribution in [0.2, 0.25) is 0 Å². The van der Waals surface area contributed by atoms with Crippen LogP contribution in [0.4, 0.5) is 5.69 Å². The topological polar surface area (TPSA) is 187 Å². The molecule has 5 N–H and O–H groups in total. The highest BCUT2D eigenvalue weighted by atomic mass is 16.4. The Balaban J connectivity index is 1.44. The molecule has 0 aromatic heterocycles. The Hall–Kier alpha value is -4.22. The van der Waals surface area contributed by atoms with Crippen molar-refractivity contribution in [3.8, 4) is 5.75 Å². The minimum atomic E-state index is -2.62. The zero-order valence-corrected chi connectivity index (χ0v) is 22.5. The van der Waals surface area contributed by atoms with Crippen LogP contribution in [0.3, 0.4) is 0 Å². The molecule has 0 bridgehead atoms. The van der Waals surface area contributed by atoms with E-state index < -0.39 is 64.2 Å². The van der Waals surface area contributed by atoms with Crippen LogP contribution in [0, 0.1) is 23.7 Å². The Morgan fingerprint density at radius 3 is 2.32 bits per heavy atom. The molecule has 2 aromatic rings. The number of nitrogens with one attached hydrogen (secondary N) is 2. The number of carbonyl (C=O) groups is 6. The second-order valence-corrected chi connectivity index (χ2v) is 11.1. The molecule has 0 heterocycles. The van der Waals surface area contributed by atoms with Gasteiger partial charge in [-0.05, 0) is 55.0 Å². The zero-order chi connectivity index (χ0) is 29.8. The van der Waals surface area contributed by atoms with Gasteiger partial charge in [-0.15, -0.1) is 0 Å². The number of Topliss-reactive ketones (excluding diaryl/α,β-unsaturated/α-hetero) is 5. The molecule has 0 spiro atoms. The average Bonchev–Trinajstić information content (AvgIpc) is 2.92. The normalized spacial score (nSPS) is 27.1.